The van der Waals surface area contributed by atoms with Gasteiger partial charge in [-0.1, -0.05) is 25.8 Å². The van der Waals surface area contributed by atoms with Crippen molar-refractivity contribution in [2.24, 2.45) is 5.92 Å². The van der Waals surface area contributed by atoms with Crippen LogP contribution in [0.15, 0.2) is 18.2 Å². The third-order valence-electron chi connectivity index (χ3n) is 3.59. The molecular formula is C14H20N2O2. The fourth-order valence-corrected chi connectivity index (χ4v) is 2.43. The first-order valence-corrected chi connectivity index (χ1v) is 6.52. The maximum atomic E-state index is 12.1. The van der Waals surface area contributed by atoms with E-state index in [1.165, 1.54) is 19.3 Å². The Bertz CT molecular complexity index is 420. The molecule has 1 fully saturated rings. The molecule has 1 saturated carbocycles. The van der Waals surface area contributed by atoms with Gasteiger partial charge in [0.05, 0.1) is 7.11 Å². The van der Waals surface area contributed by atoms with Crippen LogP contribution < -0.4 is 10.1 Å². The summed E-state index contributed by atoms with van der Waals surface area (Å²) in [6.07, 6.45) is 4.72. The van der Waals surface area contributed by atoms with Gasteiger partial charge in [-0.2, -0.15) is 0 Å². The summed E-state index contributed by atoms with van der Waals surface area (Å²) in [4.78, 5) is 16.2. The molecule has 4 heteroatoms. The second-order valence-electron chi connectivity index (χ2n) is 4.91. The Morgan fingerprint density at radius 1 is 1.39 bits per heavy atom. The third kappa shape index (κ3) is 3.00. The zero-order valence-electron chi connectivity index (χ0n) is 11.0. The molecule has 98 valence electrons. The van der Waals surface area contributed by atoms with Crippen molar-refractivity contribution in [2.45, 2.75) is 38.6 Å². The highest BCUT2D eigenvalue weighted by Gasteiger charge is 2.23. The maximum absolute atomic E-state index is 12.1. The summed E-state index contributed by atoms with van der Waals surface area (Å²) in [5.74, 6) is 0.917. The second-order valence-corrected chi connectivity index (χ2v) is 4.91. The number of rotatable bonds is 3. The molecule has 1 aromatic rings. The van der Waals surface area contributed by atoms with Crippen LogP contribution in [0.2, 0.25) is 0 Å². The second kappa shape index (κ2) is 5.85. The van der Waals surface area contributed by atoms with Crippen LogP contribution in [0, 0.1) is 5.92 Å². The van der Waals surface area contributed by atoms with Gasteiger partial charge in [0.1, 0.15) is 5.69 Å². The first-order valence-electron chi connectivity index (χ1n) is 6.52. The van der Waals surface area contributed by atoms with Gasteiger partial charge in [0.2, 0.25) is 5.88 Å². The van der Waals surface area contributed by atoms with Crippen LogP contribution in [-0.4, -0.2) is 24.0 Å². The van der Waals surface area contributed by atoms with E-state index in [-0.39, 0.29) is 11.9 Å². The number of carbonyl (C=O) groups excluding carboxylic acids is 1. The highest BCUT2D eigenvalue weighted by atomic mass is 16.5. The lowest BCUT2D eigenvalue weighted by atomic mass is 9.86. The molecule has 0 aromatic carbocycles. The van der Waals surface area contributed by atoms with Gasteiger partial charge in [0.15, 0.2) is 0 Å². The fourth-order valence-electron chi connectivity index (χ4n) is 2.43. The molecule has 4 nitrogen and oxygen atoms in total. The van der Waals surface area contributed by atoms with Gasteiger partial charge in [-0.15, -0.1) is 0 Å². The molecular weight excluding hydrogens is 228 g/mol. The Morgan fingerprint density at radius 2 is 2.17 bits per heavy atom. The van der Waals surface area contributed by atoms with Gasteiger partial charge >= 0.3 is 0 Å². The van der Waals surface area contributed by atoms with Crippen LogP contribution in [0.3, 0.4) is 0 Å². The van der Waals surface area contributed by atoms with Gasteiger partial charge in [-0.25, -0.2) is 4.98 Å². The summed E-state index contributed by atoms with van der Waals surface area (Å²) < 4.78 is 5.03. The van der Waals surface area contributed by atoms with Crippen molar-refractivity contribution in [3.63, 3.8) is 0 Å². The van der Waals surface area contributed by atoms with Gasteiger partial charge < -0.3 is 10.1 Å². The molecule has 1 aromatic heterocycles. The normalized spacial score (nSPS) is 23.4. The van der Waals surface area contributed by atoms with E-state index in [2.05, 4.69) is 17.2 Å². The average Bonchev–Trinajstić information content (AvgIpc) is 2.41. The number of pyridine rings is 1. The van der Waals surface area contributed by atoms with Crippen molar-refractivity contribution in [3.05, 3.63) is 23.9 Å². The minimum absolute atomic E-state index is 0.104. The Morgan fingerprint density at radius 3 is 2.89 bits per heavy atom. The first kappa shape index (κ1) is 12.9. The molecule has 0 bridgehead atoms. The number of carbonyl (C=O) groups is 1. The highest BCUT2D eigenvalue weighted by Crippen LogP contribution is 2.23. The largest absolute Gasteiger partial charge is 0.481 e. The van der Waals surface area contributed by atoms with Crippen LogP contribution in [0.25, 0.3) is 0 Å². The SMILES string of the molecule is COc1cccc(C(=O)NC2CCCCC2C)n1. The lowest BCUT2D eigenvalue weighted by Gasteiger charge is -2.29. The quantitative estimate of drug-likeness (QED) is 0.893. The maximum Gasteiger partial charge on any atom is 0.270 e. The topological polar surface area (TPSA) is 51.2 Å². The first-order chi connectivity index (χ1) is 8.70. The van der Waals surface area contributed by atoms with Crippen molar-refractivity contribution in [3.8, 4) is 5.88 Å². The van der Waals surface area contributed by atoms with Gasteiger partial charge in [0.25, 0.3) is 5.91 Å². The zero-order valence-corrected chi connectivity index (χ0v) is 11.0. The number of hydrogen-bond donors (Lipinski definition) is 1. The molecule has 1 amide bonds. The van der Waals surface area contributed by atoms with Crippen LogP contribution in [-0.2, 0) is 0 Å². The van der Waals surface area contributed by atoms with Crippen LogP contribution in [0.5, 0.6) is 5.88 Å². The number of methoxy groups -OCH3 is 1. The van der Waals surface area contributed by atoms with E-state index in [1.54, 1.807) is 25.3 Å². The van der Waals surface area contributed by atoms with E-state index >= 15 is 0 Å². The summed E-state index contributed by atoms with van der Waals surface area (Å²) in [5.41, 5.74) is 0.423. The Kier molecular flexibility index (Phi) is 4.18. The molecule has 2 unspecified atom stereocenters. The molecule has 0 aliphatic heterocycles. The summed E-state index contributed by atoms with van der Waals surface area (Å²) in [5, 5.41) is 3.08. The number of hydrogen-bond acceptors (Lipinski definition) is 3. The Labute approximate surface area is 108 Å². The molecule has 18 heavy (non-hydrogen) atoms. The minimum atomic E-state index is -0.104. The van der Waals surface area contributed by atoms with Crippen molar-refractivity contribution >= 4 is 5.91 Å². The van der Waals surface area contributed by atoms with E-state index in [4.69, 9.17) is 4.74 Å². The molecule has 1 aliphatic rings. The van der Waals surface area contributed by atoms with E-state index in [1.807, 2.05) is 0 Å². The molecule has 0 spiro atoms. The smallest absolute Gasteiger partial charge is 0.270 e. The highest BCUT2D eigenvalue weighted by molar-refractivity contribution is 5.92. The van der Waals surface area contributed by atoms with Crippen molar-refractivity contribution < 1.29 is 9.53 Å². The average molecular weight is 248 g/mol. The van der Waals surface area contributed by atoms with Gasteiger partial charge in [-0.3, -0.25) is 4.79 Å². The van der Waals surface area contributed by atoms with E-state index in [9.17, 15) is 4.79 Å². The number of nitrogens with zero attached hydrogens (tertiary/aromatic N) is 1. The van der Waals surface area contributed by atoms with Crippen LogP contribution in [0.4, 0.5) is 0 Å². The summed E-state index contributed by atoms with van der Waals surface area (Å²) in [7, 11) is 1.55. The van der Waals surface area contributed by atoms with E-state index in [0.717, 1.165) is 6.42 Å². The van der Waals surface area contributed by atoms with E-state index < -0.39 is 0 Å². The van der Waals surface area contributed by atoms with Crippen molar-refractivity contribution in [2.75, 3.05) is 7.11 Å². The molecule has 1 N–H and O–H groups in total. The molecule has 1 aliphatic carbocycles. The van der Waals surface area contributed by atoms with Gasteiger partial charge in [-0.05, 0) is 24.8 Å². The Balaban J connectivity index is 2.02. The fraction of sp³-hybridized carbons (Fsp3) is 0.571. The van der Waals surface area contributed by atoms with Crippen LogP contribution >= 0.6 is 0 Å². The predicted molar refractivity (Wildman–Crippen MR) is 69.7 cm³/mol. The monoisotopic (exact) mass is 248 g/mol. The predicted octanol–water partition coefficient (Wildman–Crippen LogP) is 2.40. The molecule has 0 radical (unpaired) electrons. The van der Waals surface area contributed by atoms with Crippen molar-refractivity contribution in [1.82, 2.24) is 10.3 Å². The van der Waals surface area contributed by atoms with Crippen molar-refractivity contribution in [1.29, 1.82) is 0 Å². The summed E-state index contributed by atoms with van der Waals surface area (Å²) in [6, 6.07) is 5.51. The number of amides is 1. The van der Waals surface area contributed by atoms with Gasteiger partial charge in [0, 0.05) is 12.1 Å². The molecule has 2 atom stereocenters. The summed E-state index contributed by atoms with van der Waals surface area (Å²) >= 11 is 0. The Hall–Kier alpha value is -1.58. The third-order valence-corrected chi connectivity index (χ3v) is 3.59. The molecule has 1 heterocycles. The number of ether oxygens (including phenoxy) is 1. The zero-order chi connectivity index (χ0) is 13.0. The molecule has 2 rings (SSSR count). The lowest BCUT2D eigenvalue weighted by Crippen LogP contribution is -2.41. The standard InChI is InChI=1S/C14H20N2O2/c1-10-6-3-4-7-11(10)16-14(17)12-8-5-9-13(15-12)18-2/h5,8-11H,3-4,6-7H2,1-2H3,(H,16,17). The number of nitrogens with one attached hydrogen (secondary N) is 1. The lowest BCUT2D eigenvalue weighted by molar-refractivity contribution is 0.0904. The molecule has 0 saturated heterocycles. The summed E-state index contributed by atoms with van der Waals surface area (Å²) in [6.45, 7) is 2.20. The minimum Gasteiger partial charge on any atom is -0.481 e. The van der Waals surface area contributed by atoms with Crippen LogP contribution in [0.1, 0.15) is 43.1 Å². The van der Waals surface area contributed by atoms with E-state index in [0.29, 0.717) is 17.5 Å². The number of aromatic nitrogens is 1.